The second-order valence-corrected chi connectivity index (χ2v) is 6.95. The van der Waals surface area contributed by atoms with Crippen molar-refractivity contribution < 1.29 is 28.8 Å². The van der Waals surface area contributed by atoms with Gasteiger partial charge >= 0.3 is 5.97 Å². The van der Waals surface area contributed by atoms with Gasteiger partial charge in [0.25, 0.3) is 0 Å². The van der Waals surface area contributed by atoms with Crippen molar-refractivity contribution in [3.05, 3.63) is 47.5 Å². The minimum absolute atomic E-state index is 0.0502. The molecule has 2 rings (SSSR count). The lowest BCUT2D eigenvalue weighted by atomic mass is 9.86. The van der Waals surface area contributed by atoms with Crippen molar-refractivity contribution in [2.45, 2.75) is 26.2 Å². The van der Waals surface area contributed by atoms with Crippen LogP contribution >= 0.6 is 0 Å². The maximum Gasteiger partial charge on any atom is 0.339 e. The molecule has 27 heavy (non-hydrogen) atoms. The highest BCUT2D eigenvalue weighted by atomic mass is 16.5. The number of benzene rings is 2. The third kappa shape index (κ3) is 5.06. The van der Waals surface area contributed by atoms with Crippen molar-refractivity contribution in [3.8, 4) is 23.0 Å². The summed E-state index contributed by atoms with van der Waals surface area (Å²) in [6.07, 6.45) is 0. The van der Waals surface area contributed by atoms with Crippen LogP contribution in [0.3, 0.4) is 0 Å². The van der Waals surface area contributed by atoms with Crippen molar-refractivity contribution in [2.75, 3.05) is 27.4 Å². The maximum atomic E-state index is 11.4. The van der Waals surface area contributed by atoms with E-state index >= 15 is 0 Å². The van der Waals surface area contributed by atoms with E-state index in [-0.39, 0.29) is 29.9 Å². The summed E-state index contributed by atoms with van der Waals surface area (Å²) >= 11 is 0. The highest BCUT2D eigenvalue weighted by Gasteiger charge is 2.20. The summed E-state index contributed by atoms with van der Waals surface area (Å²) in [5.41, 5.74) is 0.948. The molecule has 0 saturated carbocycles. The minimum atomic E-state index is -1.07. The average molecular weight is 374 g/mol. The van der Waals surface area contributed by atoms with Crippen molar-refractivity contribution in [2.24, 2.45) is 0 Å². The van der Waals surface area contributed by atoms with E-state index in [0.29, 0.717) is 5.75 Å². The Morgan fingerprint density at radius 2 is 1.67 bits per heavy atom. The second kappa shape index (κ2) is 8.66. The smallest absolute Gasteiger partial charge is 0.339 e. The van der Waals surface area contributed by atoms with E-state index in [1.165, 1.54) is 13.2 Å². The lowest BCUT2D eigenvalue weighted by molar-refractivity contribution is 0.0690. The first kappa shape index (κ1) is 20.4. The maximum absolute atomic E-state index is 11.4. The highest BCUT2D eigenvalue weighted by Crippen LogP contribution is 2.35. The quantitative estimate of drug-likeness (QED) is 0.700. The van der Waals surface area contributed by atoms with Gasteiger partial charge in [-0.1, -0.05) is 26.8 Å². The van der Waals surface area contributed by atoms with Crippen molar-refractivity contribution >= 4 is 5.97 Å². The number of carboxylic acid groups (broad SMARTS) is 1. The number of methoxy groups -OCH3 is 2. The van der Waals surface area contributed by atoms with Gasteiger partial charge < -0.3 is 24.1 Å². The van der Waals surface area contributed by atoms with Crippen molar-refractivity contribution in [1.29, 1.82) is 0 Å². The first-order chi connectivity index (χ1) is 12.8. The summed E-state index contributed by atoms with van der Waals surface area (Å²) in [4.78, 5) is 11.4. The first-order valence-corrected chi connectivity index (χ1v) is 8.62. The number of rotatable bonds is 8. The van der Waals surface area contributed by atoms with Crippen LogP contribution in [0.5, 0.6) is 23.0 Å². The molecule has 0 saturated heterocycles. The molecule has 6 nitrogen and oxygen atoms in total. The normalized spacial score (nSPS) is 11.0. The van der Waals surface area contributed by atoms with Crippen LogP contribution in [-0.2, 0) is 5.41 Å². The lowest BCUT2D eigenvalue weighted by Crippen LogP contribution is -2.16. The molecule has 146 valence electrons. The molecule has 2 aromatic rings. The number of carbonyl (C=O) groups is 1. The summed E-state index contributed by atoms with van der Waals surface area (Å²) in [6, 6.07) is 10.4. The van der Waals surface area contributed by atoms with Crippen molar-refractivity contribution in [3.63, 3.8) is 0 Å². The third-order valence-electron chi connectivity index (χ3n) is 4.01. The second-order valence-electron chi connectivity index (χ2n) is 6.95. The topological polar surface area (TPSA) is 74.2 Å². The monoisotopic (exact) mass is 374 g/mol. The Balaban J connectivity index is 2.09. The molecule has 0 amide bonds. The van der Waals surface area contributed by atoms with Gasteiger partial charge in [0.15, 0.2) is 11.5 Å². The minimum Gasteiger partial charge on any atom is -0.497 e. The molecule has 0 radical (unpaired) electrons. The summed E-state index contributed by atoms with van der Waals surface area (Å²) in [5, 5.41) is 9.32. The van der Waals surface area contributed by atoms with E-state index in [9.17, 15) is 9.90 Å². The average Bonchev–Trinajstić information content (AvgIpc) is 2.64. The van der Waals surface area contributed by atoms with Gasteiger partial charge in [-0.3, -0.25) is 0 Å². The molecule has 0 spiro atoms. The summed E-state index contributed by atoms with van der Waals surface area (Å²) in [6.45, 7) is 6.72. The number of aromatic carboxylic acids is 1. The summed E-state index contributed by atoms with van der Waals surface area (Å²) in [5.74, 6) is 1.00. The van der Waals surface area contributed by atoms with Gasteiger partial charge in [-0.05, 0) is 35.7 Å². The fourth-order valence-corrected chi connectivity index (χ4v) is 2.64. The van der Waals surface area contributed by atoms with E-state index < -0.39 is 5.97 Å². The number of carboxylic acids is 1. The lowest BCUT2D eigenvalue weighted by Gasteiger charge is -2.23. The zero-order chi connectivity index (χ0) is 20.0. The van der Waals surface area contributed by atoms with Gasteiger partial charge in [0.05, 0.1) is 14.2 Å². The molecule has 0 bridgehead atoms. The van der Waals surface area contributed by atoms with Crippen LogP contribution in [-0.4, -0.2) is 38.5 Å². The summed E-state index contributed by atoms with van der Waals surface area (Å²) in [7, 11) is 3.10. The Labute approximate surface area is 159 Å². The number of hydrogen-bond acceptors (Lipinski definition) is 5. The fraction of sp³-hybridized carbons (Fsp3) is 0.381. The molecule has 0 heterocycles. The van der Waals surface area contributed by atoms with Crippen LogP contribution in [0.2, 0.25) is 0 Å². The van der Waals surface area contributed by atoms with Crippen LogP contribution in [0.25, 0.3) is 0 Å². The molecule has 0 unspecified atom stereocenters. The van der Waals surface area contributed by atoms with Gasteiger partial charge in [0.1, 0.15) is 30.3 Å². The predicted molar refractivity (Wildman–Crippen MR) is 103 cm³/mol. The predicted octanol–water partition coefficient (Wildman–Crippen LogP) is 4.16. The summed E-state index contributed by atoms with van der Waals surface area (Å²) < 4.78 is 22.0. The Hall–Kier alpha value is -2.89. The third-order valence-corrected chi connectivity index (χ3v) is 4.01. The van der Waals surface area contributed by atoms with Gasteiger partial charge in [0.2, 0.25) is 0 Å². The molecule has 0 fully saturated rings. The molecule has 0 aromatic heterocycles. The van der Waals surface area contributed by atoms with E-state index in [1.54, 1.807) is 19.2 Å². The van der Waals surface area contributed by atoms with Crippen LogP contribution in [0, 0.1) is 0 Å². The van der Waals surface area contributed by atoms with Crippen molar-refractivity contribution in [1.82, 2.24) is 0 Å². The van der Waals surface area contributed by atoms with Gasteiger partial charge in [0, 0.05) is 5.56 Å². The molecule has 0 aliphatic heterocycles. The van der Waals surface area contributed by atoms with Crippen LogP contribution in [0.15, 0.2) is 36.4 Å². The molecule has 1 N–H and O–H groups in total. The van der Waals surface area contributed by atoms with E-state index in [2.05, 4.69) is 20.8 Å². The first-order valence-electron chi connectivity index (χ1n) is 8.62. The largest absolute Gasteiger partial charge is 0.497 e. The zero-order valence-corrected chi connectivity index (χ0v) is 16.4. The van der Waals surface area contributed by atoms with Crippen LogP contribution in [0.4, 0.5) is 0 Å². The van der Waals surface area contributed by atoms with Gasteiger partial charge in [-0.2, -0.15) is 0 Å². The zero-order valence-electron chi connectivity index (χ0n) is 16.4. The van der Waals surface area contributed by atoms with E-state index in [1.807, 2.05) is 18.2 Å². The molecule has 6 heteroatoms. The van der Waals surface area contributed by atoms with Gasteiger partial charge in [-0.25, -0.2) is 4.79 Å². The molecule has 0 atom stereocenters. The van der Waals surface area contributed by atoms with Gasteiger partial charge in [-0.15, -0.1) is 0 Å². The fourth-order valence-electron chi connectivity index (χ4n) is 2.64. The molecule has 0 aliphatic rings. The molecular formula is C21H26O6. The number of ether oxygens (including phenoxy) is 4. The molecule has 2 aromatic carbocycles. The highest BCUT2D eigenvalue weighted by molar-refractivity contribution is 5.92. The number of para-hydroxylation sites is 1. The molecule has 0 aliphatic carbocycles. The Kier molecular flexibility index (Phi) is 6.55. The van der Waals surface area contributed by atoms with Crippen LogP contribution in [0.1, 0.15) is 36.7 Å². The Morgan fingerprint density at radius 3 is 2.26 bits per heavy atom. The molecular weight excluding hydrogens is 348 g/mol. The van der Waals surface area contributed by atoms with E-state index in [4.69, 9.17) is 18.9 Å². The number of hydrogen-bond donors (Lipinski definition) is 1. The standard InChI is InChI=1S/C21H26O6/c1-21(2,3)16-13-14(24-4)9-10-17(16)26-11-12-27-19-15(20(22)23)7-6-8-18(19)25-5/h6-10,13H,11-12H2,1-5H3,(H,22,23). The Morgan fingerprint density at radius 1 is 0.963 bits per heavy atom. The van der Waals surface area contributed by atoms with Crippen LogP contribution < -0.4 is 18.9 Å². The SMILES string of the molecule is COc1ccc(OCCOc2c(OC)cccc2C(=O)O)c(C(C)(C)C)c1. The Bertz CT molecular complexity index is 792. The van der Waals surface area contributed by atoms with E-state index in [0.717, 1.165) is 17.1 Å².